The van der Waals surface area contributed by atoms with Crippen LogP contribution < -0.4 is 9.62 Å². The van der Waals surface area contributed by atoms with Crippen molar-refractivity contribution in [3.05, 3.63) is 72.4 Å². The average Bonchev–Trinajstić information content (AvgIpc) is 3.53. The summed E-state index contributed by atoms with van der Waals surface area (Å²) in [4.78, 5) is 21.7. The van der Waals surface area contributed by atoms with Crippen molar-refractivity contribution >= 4 is 49.0 Å². The van der Waals surface area contributed by atoms with Crippen molar-refractivity contribution in [3.63, 3.8) is 0 Å². The van der Waals surface area contributed by atoms with Gasteiger partial charge >= 0.3 is 0 Å². The molecule has 1 saturated heterocycles. The monoisotopic (exact) mass is 509 g/mol. The van der Waals surface area contributed by atoms with Crippen LogP contribution in [-0.2, 0) is 14.8 Å². The summed E-state index contributed by atoms with van der Waals surface area (Å²) in [5.41, 5.74) is 1.99. The molecule has 1 unspecified atom stereocenters. The Bertz CT molecular complexity index is 1430. The van der Waals surface area contributed by atoms with E-state index in [9.17, 15) is 13.2 Å². The van der Waals surface area contributed by atoms with Crippen molar-refractivity contribution in [1.29, 1.82) is 0 Å². The summed E-state index contributed by atoms with van der Waals surface area (Å²) in [5, 5.41) is 3.18. The maximum absolute atomic E-state index is 13.4. The van der Waals surface area contributed by atoms with E-state index >= 15 is 0 Å². The molecule has 0 saturated carbocycles. The quantitative estimate of drug-likeness (QED) is 0.421. The molecule has 182 valence electrons. The standard InChI is InChI=1S/C25H27N5O3S2/c1-18-17-28(21-7-9-22(10-8-21)35(32,33)27-25-26-12-16-34-25)14-15-29(18)24(31)19(2)30-13-11-20-5-3-4-6-23(20)30/h3-13,16,18-19H,14-15,17H2,1-2H3,(H,26,27)/t18?,19-/m1/s1. The third-order valence-electron chi connectivity index (χ3n) is 6.48. The van der Waals surface area contributed by atoms with Gasteiger partial charge in [0, 0.05) is 54.7 Å². The second-order valence-electron chi connectivity index (χ2n) is 8.72. The number of fused-ring (bicyclic) bond motifs is 1. The first kappa shape index (κ1) is 23.4. The molecule has 0 bridgehead atoms. The number of para-hydroxylation sites is 1. The fourth-order valence-corrected chi connectivity index (χ4v) is 6.39. The minimum Gasteiger partial charge on any atom is -0.368 e. The third-order valence-corrected chi connectivity index (χ3v) is 8.65. The van der Waals surface area contributed by atoms with Crippen LogP contribution >= 0.6 is 11.3 Å². The minimum atomic E-state index is -3.68. The van der Waals surface area contributed by atoms with E-state index in [1.165, 1.54) is 11.3 Å². The highest BCUT2D eigenvalue weighted by molar-refractivity contribution is 7.93. The number of rotatable bonds is 6. The normalized spacial score (nSPS) is 17.5. The molecule has 4 aromatic rings. The molecule has 35 heavy (non-hydrogen) atoms. The second kappa shape index (κ2) is 9.35. The van der Waals surface area contributed by atoms with E-state index in [0.29, 0.717) is 24.8 Å². The lowest BCUT2D eigenvalue weighted by atomic mass is 10.1. The SMILES string of the molecule is CC1CN(c2ccc(S(=O)(=O)Nc3nccs3)cc2)CCN1C(=O)[C@@H](C)n1ccc2ccccc21. The number of hydrogen-bond acceptors (Lipinski definition) is 6. The number of hydrogen-bond donors (Lipinski definition) is 1. The molecule has 2 atom stereocenters. The van der Waals surface area contributed by atoms with Gasteiger partial charge in [-0.2, -0.15) is 0 Å². The first-order chi connectivity index (χ1) is 16.8. The van der Waals surface area contributed by atoms with Crippen LogP contribution in [0.4, 0.5) is 10.8 Å². The van der Waals surface area contributed by atoms with E-state index in [-0.39, 0.29) is 22.9 Å². The Morgan fingerprint density at radius 2 is 1.89 bits per heavy atom. The molecule has 0 radical (unpaired) electrons. The van der Waals surface area contributed by atoms with Crippen LogP contribution in [0.3, 0.4) is 0 Å². The maximum atomic E-state index is 13.4. The zero-order valence-electron chi connectivity index (χ0n) is 19.5. The average molecular weight is 510 g/mol. The van der Waals surface area contributed by atoms with Crippen LogP contribution in [0.1, 0.15) is 19.9 Å². The van der Waals surface area contributed by atoms with Crippen molar-refractivity contribution in [2.75, 3.05) is 29.3 Å². The molecular weight excluding hydrogens is 482 g/mol. The Balaban J connectivity index is 1.25. The van der Waals surface area contributed by atoms with E-state index < -0.39 is 10.0 Å². The first-order valence-electron chi connectivity index (χ1n) is 11.5. The summed E-state index contributed by atoms with van der Waals surface area (Å²) >= 11 is 1.23. The van der Waals surface area contributed by atoms with Gasteiger partial charge in [0.2, 0.25) is 5.91 Å². The topological polar surface area (TPSA) is 87.5 Å². The lowest BCUT2D eigenvalue weighted by Gasteiger charge is -2.42. The summed E-state index contributed by atoms with van der Waals surface area (Å²) in [6.07, 6.45) is 3.53. The summed E-state index contributed by atoms with van der Waals surface area (Å²) in [7, 11) is -3.68. The van der Waals surface area contributed by atoms with Gasteiger partial charge in [-0.1, -0.05) is 18.2 Å². The Morgan fingerprint density at radius 1 is 1.11 bits per heavy atom. The van der Waals surface area contributed by atoms with Crippen LogP contribution in [0.5, 0.6) is 0 Å². The summed E-state index contributed by atoms with van der Waals surface area (Å²) in [6.45, 7) is 5.97. The third kappa shape index (κ3) is 4.63. The van der Waals surface area contributed by atoms with E-state index in [4.69, 9.17) is 0 Å². The summed E-state index contributed by atoms with van der Waals surface area (Å²) < 4.78 is 29.7. The number of sulfonamides is 1. The van der Waals surface area contributed by atoms with Crippen molar-refractivity contribution in [2.45, 2.75) is 30.8 Å². The van der Waals surface area contributed by atoms with E-state index in [0.717, 1.165) is 16.6 Å². The predicted molar refractivity (Wildman–Crippen MR) is 139 cm³/mol. The van der Waals surface area contributed by atoms with Crippen LogP contribution in [0, 0.1) is 0 Å². The molecular formula is C25H27N5O3S2. The van der Waals surface area contributed by atoms with Gasteiger partial charge in [-0.05, 0) is 55.6 Å². The zero-order chi connectivity index (χ0) is 24.6. The smallest absolute Gasteiger partial charge is 0.263 e. The van der Waals surface area contributed by atoms with Crippen LogP contribution in [0.15, 0.2) is 77.3 Å². The van der Waals surface area contributed by atoms with Gasteiger partial charge in [0.15, 0.2) is 5.13 Å². The summed E-state index contributed by atoms with van der Waals surface area (Å²) in [5.74, 6) is 0.105. The molecule has 1 fully saturated rings. The first-order valence-corrected chi connectivity index (χ1v) is 13.8. The lowest BCUT2D eigenvalue weighted by Crippen LogP contribution is -2.55. The van der Waals surface area contributed by atoms with Gasteiger partial charge < -0.3 is 14.4 Å². The van der Waals surface area contributed by atoms with Crippen LogP contribution in [0.25, 0.3) is 10.9 Å². The zero-order valence-corrected chi connectivity index (χ0v) is 21.2. The largest absolute Gasteiger partial charge is 0.368 e. The fourth-order valence-electron chi connectivity index (χ4n) is 4.60. The lowest BCUT2D eigenvalue weighted by molar-refractivity contribution is -0.136. The molecule has 0 aliphatic carbocycles. The maximum Gasteiger partial charge on any atom is 0.263 e. The highest BCUT2D eigenvalue weighted by Crippen LogP contribution is 2.26. The molecule has 2 aromatic carbocycles. The fraction of sp³-hybridized carbons (Fsp3) is 0.280. The second-order valence-corrected chi connectivity index (χ2v) is 11.3. The Hall–Kier alpha value is -3.37. The van der Waals surface area contributed by atoms with Gasteiger partial charge in [0.25, 0.3) is 10.0 Å². The number of thiazole rings is 1. The Labute approximate surface area is 208 Å². The number of carbonyl (C=O) groups is 1. The van der Waals surface area contributed by atoms with Gasteiger partial charge in [0.1, 0.15) is 6.04 Å². The molecule has 2 aromatic heterocycles. The van der Waals surface area contributed by atoms with Crippen LogP contribution in [-0.4, -0.2) is 54.5 Å². The highest BCUT2D eigenvalue weighted by atomic mass is 32.2. The number of carbonyl (C=O) groups excluding carboxylic acids is 1. The predicted octanol–water partition coefficient (Wildman–Crippen LogP) is 4.20. The van der Waals surface area contributed by atoms with E-state index in [1.54, 1.807) is 23.7 Å². The highest BCUT2D eigenvalue weighted by Gasteiger charge is 2.31. The molecule has 1 amide bonds. The molecule has 1 aliphatic heterocycles. The minimum absolute atomic E-state index is 0.0236. The molecule has 10 heteroatoms. The number of anilines is 2. The summed E-state index contributed by atoms with van der Waals surface area (Å²) in [6, 6.07) is 16.7. The molecule has 8 nitrogen and oxygen atoms in total. The molecule has 3 heterocycles. The van der Waals surface area contributed by atoms with Gasteiger partial charge in [0.05, 0.1) is 4.90 Å². The van der Waals surface area contributed by atoms with Crippen molar-refractivity contribution in [1.82, 2.24) is 14.5 Å². The number of piperazine rings is 1. The van der Waals surface area contributed by atoms with Crippen molar-refractivity contribution in [3.8, 4) is 0 Å². The number of aromatic nitrogens is 2. The molecule has 1 N–H and O–H groups in total. The number of nitrogens with one attached hydrogen (secondary N) is 1. The van der Waals surface area contributed by atoms with Gasteiger partial charge in [-0.3, -0.25) is 9.52 Å². The number of nitrogens with zero attached hydrogens (tertiary/aromatic N) is 4. The van der Waals surface area contributed by atoms with Gasteiger partial charge in [-0.25, -0.2) is 13.4 Å². The number of benzene rings is 2. The Kier molecular flexibility index (Phi) is 6.24. The van der Waals surface area contributed by atoms with E-state index in [1.807, 2.05) is 59.0 Å². The van der Waals surface area contributed by atoms with Crippen molar-refractivity contribution < 1.29 is 13.2 Å². The molecule has 1 aliphatic rings. The molecule has 5 rings (SSSR count). The van der Waals surface area contributed by atoms with E-state index in [2.05, 4.69) is 27.6 Å². The van der Waals surface area contributed by atoms with Gasteiger partial charge in [-0.15, -0.1) is 11.3 Å². The van der Waals surface area contributed by atoms with Crippen LogP contribution in [0.2, 0.25) is 0 Å². The Morgan fingerprint density at radius 3 is 2.60 bits per heavy atom. The molecule has 0 spiro atoms. The van der Waals surface area contributed by atoms with Crippen molar-refractivity contribution in [2.24, 2.45) is 0 Å². The number of amides is 1.